The molecule has 0 fully saturated rings. The molecule has 0 bridgehead atoms. The summed E-state index contributed by atoms with van der Waals surface area (Å²) in [6.45, 7) is -1.12. The van der Waals surface area contributed by atoms with Gasteiger partial charge in [-0.15, -0.1) is 0 Å². The van der Waals surface area contributed by atoms with E-state index in [2.05, 4.69) is 5.32 Å². The van der Waals surface area contributed by atoms with Crippen LogP contribution in [0.1, 0.15) is 12.8 Å². The van der Waals surface area contributed by atoms with Crippen molar-refractivity contribution in [2.45, 2.75) is 43.3 Å². The fraction of sp³-hybridized carbons (Fsp3) is 0.846. The number of nitrogens with one attached hydrogen (secondary N) is 1. The van der Waals surface area contributed by atoms with Crippen LogP contribution in [0.15, 0.2) is 0 Å². The standard InChI is InChI=1S/C13H26N2O8/c1-14-7(13(22)23)3-4-10(19)15(2)5-8(17)11(20)12(21)9(18)6-16/h7-9,11-12,14,16-18,20-21H,3-6H2,1-2H3,(H,22,23)/t7-,8-,9+,11+,12+/m0/s1. The maximum absolute atomic E-state index is 11.9. The summed E-state index contributed by atoms with van der Waals surface area (Å²) in [4.78, 5) is 23.8. The molecule has 0 spiro atoms. The summed E-state index contributed by atoms with van der Waals surface area (Å²) < 4.78 is 0. The highest BCUT2D eigenvalue weighted by Gasteiger charge is 2.31. The first-order chi connectivity index (χ1) is 10.6. The van der Waals surface area contributed by atoms with Crippen LogP contribution in [0.3, 0.4) is 0 Å². The summed E-state index contributed by atoms with van der Waals surface area (Å²) in [6, 6.07) is -0.871. The lowest BCUT2D eigenvalue weighted by atomic mass is 10.0. The van der Waals surface area contributed by atoms with Crippen molar-refractivity contribution in [1.82, 2.24) is 10.2 Å². The predicted molar refractivity (Wildman–Crippen MR) is 78.5 cm³/mol. The minimum Gasteiger partial charge on any atom is -0.480 e. The fourth-order valence-electron chi connectivity index (χ4n) is 1.90. The quantitative estimate of drug-likeness (QED) is 0.200. The molecule has 0 aromatic heterocycles. The molecule has 0 unspecified atom stereocenters. The highest BCUT2D eigenvalue weighted by molar-refractivity contribution is 5.78. The van der Waals surface area contributed by atoms with Gasteiger partial charge in [0.1, 0.15) is 30.5 Å². The molecule has 0 heterocycles. The zero-order chi connectivity index (χ0) is 18.2. The van der Waals surface area contributed by atoms with Crippen molar-refractivity contribution < 1.29 is 40.2 Å². The Morgan fingerprint density at radius 1 is 1.09 bits per heavy atom. The molecular formula is C13H26N2O8. The molecule has 0 saturated carbocycles. The molecule has 0 aliphatic rings. The average Bonchev–Trinajstić information content (AvgIpc) is 2.52. The molecule has 0 aromatic carbocycles. The van der Waals surface area contributed by atoms with Crippen molar-refractivity contribution in [3.63, 3.8) is 0 Å². The van der Waals surface area contributed by atoms with Gasteiger partial charge in [-0.3, -0.25) is 9.59 Å². The van der Waals surface area contributed by atoms with Gasteiger partial charge in [0, 0.05) is 20.0 Å². The van der Waals surface area contributed by atoms with Crippen molar-refractivity contribution in [3.05, 3.63) is 0 Å². The molecule has 0 aromatic rings. The second-order valence-corrected chi connectivity index (χ2v) is 5.29. The van der Waals surface area contributed by atoms with Crippen LogP contribution in [-0.2, 0) is 9.59 Å². The van der Waals surface area contributed by atoms with Gasteiger partial charge in [0.2, 0.25) is 5.91 Å². The Balaban J connectivity index is 4.42. The summed E-state index contributed by atoms with van der Waals surface area (Å²) in [5.41, 5.74) is 0. The number of carboxylic acids is 1. The number of hydrogen-bond acceptors (Lipinski definition) is 8. The van der Waals surface area contributed by atoms with Crippen molar-refractivity contribution >= 4 is 11.9 Å². The number of aliphatic hydroxyl groups is 5. The van der Waals surface area contributed by atoms with Crippen molar-refractivity contribution in [3.8, 4) is 0 Å². The monoisotopic (exact) mass is 338 g/mol. The molecule has 0 saturated heterocycles. The Morgan fingerprint density at radius 3 is 2.04 bits per heavy atom. The van der Waals surface area contributed by atoms with Crippen molar-refractivity contribution in [2.75, 3.05) is 27.2 Å². The van der Waals surface area contributed by atoms with Crippen LogP contribution in [-0.4, -0.2) is 105 Å². The maximum atomic E-state index is 11.9. The normalized spacial score (nSPS) is 17.9. The smallest absolute Gasteiger partial charge is 0.320 e. The van der Waals surface area contributed by atoms with E-state index in [9.17, 15) is 30.0 Å². The lowest BCUT2D eigenvalue weighted by Gasteiger charge is -2.28. The van der Waals surface area contributed by atoms with Gasteiger partial charge in [-0.05, 0) is 13.5 Å². The van der Waals surface area contributed by atoms with E-state index in [0.717, 1.165) is 4.90 Å². The largest absolute Gasteiger partial charge is 0.480 e. The number of aliphatic hydroxyl groups excluding tert-OH is 5. The van der Waals surface area contributed by atoms with Gasteiger partial charge in [-0.25, -0.2) is 0 Å². The summed E-state index contributed by atoms with van der Waals surface area (Å²) >= 11 is 0. The molecule has 7 N–H and O–H groups in total. The zero-order valence-corrected chi connectivity index (χ0v) is 13.2. The Morgan fingerprint density at radius 2 is 1.61 bits per heavy atom. The molecule has 136 valence electrons. The SMILES string of the molecule is CN[C@@H](CCC(=O)N(C)C[C@H](O)[C@@H](O)[C@H](O)[C@H](O)CO)C(=O)O. The van der Waals surface area contributed by atoms with Crippen molar-refractivity contribution in [2.24, 2.45) is 0 Å². The van der Waals surface area contributed by atoms with E-state index >= 15 is 0 Å². The number of carboxylic acid groups (broad SMARTS) is 1. The molecule has 5 atom stereocenters. The fourth-order valence-corrected chi connectivity index (χ4v) is 1.90. The third-order valence-corrected chi connectivity index (χ3v) is 3.51. The molecule has 0 aliphatic carbocycles. The predicted octanol–water partition coefficient (Wildman–Crippen LogP) is -3.67. The van der Waals surface area contributed by atoms with Gasteiger partial charge < -0.3 is 40.9 Å². The Kier molecular flexibility index (Phi) is 9.88. The minimum atomic E-state index is -1.76. The second-order valence-electron chi connectivity index (χ2n) is 5.29. The Bertz CT molecular complexity index is 381. The summed E-state index contributed by atoms with van der Waals surface area (Å²) in [5, 5.41) is 58.2. The molecule has 0 rings (SSSR count). The average molecular weight is 338 g/mol. The third kappa shape index (κ3) is 7.20. The number of rotatable bonds is 11. The first-order valence-electron chi connectivity index (χ1n) is 7.12. The number of hydrogen-bond donors (Lipinski definition) is 7. The number of amides is 1. The first kappa shape index (κ1) is 21.7. The number of nitrogens with zero attached hydrogens (tertiary/aromatic N) is 1. The number of aliphatic carboxylic acids is 1. The van der Waals surface area contributed by atoms with Gasteiger partial charge in [0.05, 0.1) is 6.61 Å². The second kappa shape index (κ2) is 10.5. The van der Waals surface area contributed by atoms with Crippen LogP contribution < -0.4 is 5.32 Å². The van der Waals surface area contributed by atoms with Crippen molar-refractivity contribution in [1.29, 1.82) is 0 Å². The third-order valence-electron chi connectivity index (χ3n) is 3.51. The lowest BCUT2D eigenvalue weighted by Crippen LogP contribution is -2.50. The Labute approximate surface area is 134 Å². The highest BCUT2D eigenvalue weighted by Crippen LogP contribution is 2.08. The van der Waals surface area contributed by atoms with Gasteiger partial charge in [-0.1, -0.05) is 0 Å². The van der Waals surface area contributed by atoms with E-state index in [1.807, 2.05) is 0 Å². The van der Waals surface area contributed by atoms with Gasteiger partial charge in [0.25, 0.3) is 0 Å². The topological polar surface area (TPSA) is 171 Å². The van der Waals surface area contributed by atoms with Crippen LogP contribution in [0, 0.1) is 0 Å². The van der Waals surface area contributed by atoms with Crippen LogP contribution in [0.2, 0.25) is 0 Å². The molecular weight excluding hydrogens is 312 g/mol. The molecule has 0 aliphatic heterocycles. The number of likely N-dealkylation sites (N-methyl/N-ethyl adjacent to an activating group) is 2. The van der Waals surface area contributed by atoms with E-state index in [4.69, 9.17) is 10.2 Å². The molecule has 10 nitrogen and oxygen atoms in total. The molecule has 10 heteroatoms. The van der Waals surface area contributed by atoms with E-state index in [0.29, 0.717) is 0 Å². The zero-order valence-electron chi connectivity index (χ0n) is 13.2. The lowest BCUT2D eigenvalue weighted by molar-refractivity contribution is -0.140. The maximum Gasteiger partial charge on any atom is 0.320 e. The van der Waals surface area contributed by atoms with Crippen LogP contribution in [0.25, 0.3) is 0 Å². The first-order valence-corrected chi connectivity index (χ1v) is 7.12. The van der Waals surface area contributed by atoms with E-state index < -0.39 is 48.9 Å². The molecule has 0 radical (unpaired) electrons. The Hall–Kier alpha value is -1.30. The van der Waals surface area contributed by atoms with Crippen LogP contribution in [0.4, 0.5) is 0 Å². The highest BCUT2D eigenvalue weighted by atomic mass is 16.4. The summed E-state index contributed by atoms with van der Waals surface area (Å²) in [6.07, 6.45) is -6.71. The number of carbonyl (C=O) groups is 2. The van der Waals surface area contributed by atoms with Gasteiger partial charge in [0.15, 0.2) is 0 Å². The summed E-state index contributed by atoms with van der Waals surface area (Å²) in [7, 11) is 2.81. The molecule has 1 amide bonds. The van der Waals surface area contributed by atoms with E-state index in [1.165, 1.54) is 14.1 Å². The van der Waals surface area contributed by atoms with Crippen LogP contribution in [0.5, 0.6) is 0 Å². The van der Waals surface area contributed by atoms with Gasteiger partial charge >= 0.3 is 5.97 Å². The number of carbonyl (C=O) groups excluding carboxylic acids is 1. The summed E-state index contributed by atoms with van der Waals surface area (Å²) in [5.74, 6) is -1.53. The molecule has 23 heavy (non-hydrogen) atoms. The minimum absolute atomic E-state index is 0.0551. The van der Waals surface area contributed by atoms with E-state index in [1.54, 1.807) is 0 Å². The van der Waals surface area contributed by atoms with E-state index in [-0.39, 0.29) is 19.4 Å². The van der Waals surface area contributed by atoms with Crippen LogP contribution >= 0.6 is 0 Å². The van der Waals surface area contributed by atoms with Gasteiger partial charge in [-0.2, -0.15) is 0 Å².